The van der Waals surface area contributed by atoms with Gasteiger partial charge in [-0.2, -0.15) is 23.4 Å². The number of halogens is 4. The molecule has 0 spiro atoms. The molecule has 1 aromatic carbocycles. The van der Waals surface area contributed by atoms with Crippen molar-refractivity contribution in [2.75, 3.05) is 0 Å². The third-order valence-corrected chi connectivity index (χ3v) is 7.45. The number of hydrogen-bond donors (Lipinski definition) is 2. The molecule has 4 aromatic rings. The van der Waals surface area contributed by atoms with E-state index in [1.165, 1.54) is 16.6 Å². The summed E-state index contributed by atoms with van der Waals surface area (Å²) in [6, 6.07) is 8.50. The number of carbonyl (C=O) groups is 2. The van der Waals surface area contributed by atoms with Crippen LogP contribution in [0.3, 0.4) is 0 Å². The predicted octanol–water partition coefficient (Wildman–Crippen LogP) is 4.36. The summed E-state index contributed by atoms with van der Waals surface area (Å²) in [5.41, 5.74) is 2.57. The smallest absolute Gasteiger partial charge is 0.344 e. The molecule has 1 saturated heterocycles. The van der Waals surface area contributed by atoms with E-state index in [4.69, 9.17) is 4.98 Å². The van der Waals surface area contributed by atoms with Crippen molar-refractivity contribution in [3.05, 3.63) is 83.3 Å². The maximum absolute atomic E-state index is 13.7. The number of aryl methyl sites for hydroxylation is 1. The molecule has 0 saturated carbocycles. The molecule has 2 N–H and O–H groups in total. The van der Waals surface area contributed by atoms with Gasteiger partial charge in [0.15, 0.2) is 5.65 Å². The molecule has 13 heteroatoms. The van der Waals surface area contributed by atoms with Crippen molar-refractivity contribution in [1.82, 2.24) is 35.0 Å². The van der Waals surface area contributed by atoms with E-state index in [1.54, 1.807) is 47.4 Å². The number of benzene rings is 1. The van der Waals surface area contributed by atoms with Gasteiger partial charge in [-0.05, 0) is 55.7 Å². The van der Waals surface area contributed by atoms with Gasteiger partial charge in [-0.15, -0.1) is 0 Å². The molecule has 4 heterocycles. The molecular formula is C28H29F4N7O2. The zero-order valence-corrected chi connectivity index (χ0v) is 22.4. The van der Waals surface area contributed by atoms with Crippen LogP contribution in [-0.2, 0) is 17.8 Å². The lowest BCUT2D eigenvalue weighted by atomic mass is 9.87. The van der Waals surface area contributed by atoms with Crippen molar-refractivity contribution in [2.45, 2.75) is 63.8 Å². The van der Waals surface area contributed by atoms with Crippen LogP contribution >= 0.6 is 0 Å². The molecule has 0 aliphatic carbocycles. The first kappa shape index (κ1) is 28.2. The van der Waals surface area contributed by atoms with E-state index in [0.717, 1.165) is 5.56 Å². The number of aromatic nitrogens is 5. The van der Waals surface area contributed by atoms with Crippen molar-refractivity contribution in [3.63, 3.8) is 0 Å². The summed E-state index contributed by atoms with van der Waals surface area (Å²) in [4.78, 5) is 30.2. The van der Waals surface area contributed by atoms with Crippen LogP contribution in [0.25, 0.3) is 5.65 Å². The standard InChI is InChI=1S/C28H29F4N7O2/c1-3-20(16-5-7-18(29)8-6-16)25(36-27(41)22-11-12-33-38(22)4-2)21-15-39-24(34-21)10-9-19(37-39)13-17-14-23(28(30,31)32)35-26(17)40/h5-12,15,17,20,23,25H,3-4,13-14H2,1-2H3,(H,35,40)(H,36,41)/t17-,20-,23-,25-/m0/s1. The second-order valence-electron chi connectivity index (χ2n) is 10.1. The zero-order chi connectivity index (χ0) is 29.3. The molecule has 2 amide bonds. The van der Waals surface area contributed by atoms with Crippen LogP contribution in [0.1, 0.15) is 66.1 Å². The lowest BCUT2D eigenvalue weighted by Gasteiger charge is -2.26. The molecule has 0 unspecified atom stereocenters. The van der Waals surface area contributed by atoms with Gasteiger partial charge in [0.05, 0.1) is 23.6 Å². The molecule has 0 bridgehead atoms. The molecule has 0 radical (unpaired) electrons. The van der Waals surface area contributed by atoms with E-state index in [0.29, 0.717) is 35.7 Å². The Balaban J connectivity index is 1.46. The summed E-state index contributed by atoms with van der Waals surface area (Å²) in [6.07, 6.45) is -1.03. The van der Waals surface area contributed by atoms with Crippen molar-refractivity contribution in [3.8, 4) is 0 Å². The highest BCUT2D eigenvalue weighted by atomic mass is 19.4. The topological polar surface area (TPSA) is 106 Å². The number of hydrogen-bond acceptors (Lipinski definition) is 5. The minimum absolute atomic E-state index is 0.0379. The van der Waals surface area contributed by atoms with E-state index in [-0.39, 0.29) is 30.5 Å². The van der Waals surface area contributed by atoms with Gasteiger partial charge >= 0.3 is 6.18 Å². The van der Waals surface area contributed by atoms with E-state index in [9.17, 15) is 27.2 Å². The second-order valence-corrected chi connectivity index (χ2v) is 10.1. The third kappa shape index (κ3) is 5.93. The average molecular weight is 572 g/mol. The minimum atomic E-state index is -4.50. The molecule has 5 rings (SSSR count). The zero-order valence-electron chi connectivity index (χ0n) is 22.4. The molecular weight excluding hydrogens is 542 g/mol. The molecule has 41 heavy (non-hydrogen) atoms. The van der Waals surface area contributed by atoms with Gasteiger partial charge in [0.1, 0.15) is 17.6 Å². The number of nitrogens with one attached hydrogen (secondary N) is 2. The molecule has 1 fully saturated rings. The Morgan fingerprint density at radius 3 is 2.56 bits per heavy atom. The quantitative estimate of drug-likeness (QED) is 0.291. The maximum Gasteiger partial charge on any atom is 0.408 e. The lowest BCUT2D eigenvalue weighted by molar-refractivity contribution is -0.154. The van der Waals surface area contributed by atoms with Crippen LogP contribution in [0.5, 0.6) is 0 Å². The predicted molar refractivity (Wildman–Crippen MR) is 140 cm³/mol. The first-order chi connectivity index (χ1) is 19.6. The summed E-state index contributed by atoms with van der Waals surface area (Å²) < 4.78 is 56.1. The van der Waals surface area contributed by atoms with Gasteiger partial charge in [0.25, 0.3) is 5.91 Å². The Kier molecular flexibility index (Phi) is 7.78. The van der Waals surface area contributed by atoms with Crippen LogP contribution in [0.4, 0.5) is 17.6 Å². The third-order valence-electron chi connectivity index (χ3n) is 7.45. The van der Waals surface area contributed by atoms with E-state index in [1.807, 2.05) is 19.2 Å². The van der Waals surface area contributed by atoms with Crippen molar-refractivity contribution in [2.24, 2.45) is 5.92 Å². The number of fused-ring (bicyclic) bond motifs is 1. The van der Waals surface area contributed by atoms with Crippen LogP contribution in [0, 0.1) is 11.7 Å². The first-order valence-corrected chi connectivity index (χ1v) is 13.4. The summed E-state index contributed by atoms with van der Waals surface area (Å²) >= 11 is 0. The summed E-state index contributed by atoms with van der Waals surface area (Å²) in [7, 11) is 0. The SMILES string of the molecule is CC[C@@H](c1ccc(F)cc1)[C@H](NC(=O)c1ccnn1CC)c1cn2nc(C[C@H]3C[C@@H](C(F)(F)F)NC3=O)ccc2n1. The lowest BCUT2D eigenvalue weighted by Crippen LogP contribution is -2.38. The van der Waals surface area contributed by atoms with Gasteiger partial charge < -0.3 is 10.6 Å². The van der Waals surface area contributed by atoms with E-state index in [2.05, 4.69) is 15.5 Å². The Morgan fingerprint density at radius 1 is 1.15 bits per heavy atom. The van der Waals surface area contributed by atoms with Gasteiger partial charge in [-0.25, -0.2) is 13.9 Å². The van der Waals surface area contributed by atoms with Crippen LogP contribution in [-0.4, -0.2) is 48.4 Å². The Hall–Kier alpha value is -4.29. The first-order valence-electron chi connectivity index (χ1n) is 13.4. The Morgan fingerprint density at radius 2 is 1.90 bits per heavy atom. The highest BCUT2D eigenvalue weighted by Gasteiger charge is 2.47. The Bertz CT molecular complexity index is 1550. The molecule has 9 nitrogen and oxygen atoms in total. The fourth-order valence-corrected chi connectivity index (χ4v) is 5.33. The Labute approximate surface area is 233 Å². The average Bonchev–Trinajstić information content (AvgIpc) is 3.67. The van der Waals surface area contributed by atoms with Crippen LogP contribution < -0.4 is 10.6 Å². The number of carbonyl (C=O) groups excluding carboxylic acids is 2. The highest BCUT2D eigenvalue weighted by Crippen LogP contribution is 2.34. The molecule has 216 valence electrons. The summed E-state index contributed by atoms with van der Waals surface area (Å²) in [5.74, 6) is -2.51. The van der Waals surface area contributed by atoms with Crippen molar-refractivity contribution < 1.29 is 27.2 Å². The monoisotopic (exact) mass is 571 g/mol. The van der Waals surface area contributed by atoms with Crippen LogP contribution in [0.15, 0.2) is 54.9 Å². The summed E-state index contributed by atoms with van der Waals surface area (Å²) in [5, 5.41) is 13.8. The van der Waals surface area contributed by atoms with Gasteiger partial charge in [0.2, 0.25) is 5.91 Å². The van der Waals surface area contributed by atoms with Gasteiger partial charge in [-0.3, -0.25) is 14.3 Å². The second kappa shape index (κ2) is 11.3. The molecule has 4 atom stereocenters. The van der Waals surface area contributed by atoms with Crippen molar-refractivity contribution in [1.29, 1.82) is 0 Å². The van der Waals surface area contributed by atoms with E-state index < -0.39 is 30.1 Å². The largest absolute Gasteiger partial charge is 0.408 e. The number of rotatable bonds is 9. The van der Waals surface area contributed by atoms with Crippen molar-refractivity contribution >= 4 is 17.5 Å². The van der Waals surface area contributed by atoms with Gasteiger partial charge in [0, 0.05) is 31.0 Å². The van der Waals surface area contributed by atoms with Gasteiger partial charge in [-0.1, -0.05) is 19.1 Å². The fraction of sp³-hybridized carbons (Fsp3) is 0.393. The molecule has 1 aliphatic heterocycles. The molecule has 1 aliphatic rings. The number of alkyl halides is 3. The normalized spacial score (nSPS) is 18.8. The number of imidazole rings is 1. The fourth-order valence-electron chi connectivity index (χ4n) is 5.33. The molecule has 3 aromatic heterocycles. The van der Waals surface area contributed by atoms with E-state index >= 15 is 0 Å². The number of amides is 2. The summed E-state index contributed by atoms with van der Waals surface area (Å²) in [6.45, 7) is 4.33. The van der Waals surface area contributed by atoms with Crippen LogP contribution in [0.2, 0.25) is 0 Å². The highest BCUT2D eigenvalue weighted by molar-refractivity contribution is 5.92. The minimum Gasteiger partial charge on any atom is -0.344 e. The number of nitrogens with zero attached hydrogens (tertiary/aromatic N) is 5. The maximum atomic E-state index is 13.7.